The van der Waals surface area contributed by atoms with E-state index in [1.54, 1.807) is 0 Å². The predicted octanol–water partition coefficient (Wildman–Crippen LogP) is 0.500. The molecule has 0 bridgehead atoms. The van der Waals surface area contributed by atoms with E-state index >= 15 is 0 Å². The summed E-state index contributed by atoms with van der Waals surface area (Å²) < 4.78 is 0. The van der Waals surface area contributed by atoms with Crippen molar-refractivity contribution in [2.45, 2.75) is 13.0 Å². The molecule has 0 spiro atoms. The Balaban J connectivity index is 2.89. The lowest BCUT2D eigenvalue weighted by Crippen LogP contribution is -2.07. The van der Waals surface area contributed by atoms with Crippen LogP contribution in [0.2, 0.25) is 0 Å². The van der Waals surface area contributed by atoms with E-state index in [4.69, 9.17) is 13.6 Å². The molecule has 0 aromatic heterocycles. The largest absolute Gasteiger partial charge is 0.324 e. The Labute approximate surface area is 62.7 Å². The summed E-state index contributed by atoms with van der Waals surface area (Å²) in [6.45, 7) is 1.95. The van der Waals surface area contributed by atoms with Gasteiger partial charge < -0.3 is 5.73 Å². The van der Waals surface area contributed by atoms with Gasteiger partial charge >= 0.3 is 0 Å². The van der Waals surface area contributed by atoms with Gasteiger partial charge in [-0.1, -0.05) is 29.7 Å². The first-order valence-electron chi connectivity index (χ1n) is 3.31. The molecule has 0 aliphatic rings. The second-order valence-corrected chi connectivity index (χ2v) is 2.46. The minimum Gasteiger partial charge on any atom is -0.324 e. The quantitative estimate of drug-likeness (QED) is 0.551. The molecule has 10 heavy (non-hydrogen) atoms. The van der Waals surface area contributed by atoms with Crippen molar-refractivity contribution in [2.75, 3.05) is 0 Å². The molecule has 1 atom stereocenters. The lowest BCUT2D eigenvalue weighted by Gasteiger charge is -2.04. The Morgan fingerprint density at radius 2 is 1.80 bits per heavy atom. The van der Waals surface area contributed by atoms with Crippen molar-refractivity contribution in [1.82, 2.24) is 0 Å². The molecule has 1 unspecified atom stereocenters. The Bertz CT molecular complexity index is 203. The second-order valence-electron chi connectivity index (χ2n) is 2.46. The van der Waals surface area contributed by atoms with Crippen LogP contribution >= 0.6 is 0 Å². The summed E-state index contributed by atoms with van der Waals surface area (Å²) in [6.07, 6.45) is 0. The number of hydrogen-bond donors (Lipinski definition) is 1. The van der Waals surface area contributed by atoms with E-state index in [2.05, 4.69) is 0 Å². The molecule has 1 rings (SSSR count). The van der Waals surface area contributed by atoms with Gasteiger partial charge in [-0.3, -0.25) is 0 Å². The third-order valence-corrected chi connectivity index (χ3v) is 1.46. The molecule has 50 valence electrons. The zero-order chi connectivity index (χ0) is 7.56. The van der Waals surface area contributed by atoms with Crippen LogP contribution in [0.3, 0.4) is 0 Å². The Kier molecular flexibility index (Phi) is 2.12. The van der Waals surface area contributed by atoms with Crippen LogP contribution in [0.1, 0.15) is 18.5 Å². The van der Waals surface area contributed by atoms with Crippen LogP contribution in [-0.4, -0.2) is 7.85 Å². The fraction of sp³-hybridized carbons (Fsp3) is 0.250. The lowest BCUT2D eigenvalue weighted by atomic mass is 9.94. The summed E-state index contributed by atoms with van der Waals surface area (Å²) in [6, 6.07) is 7.71. The van der Waals surface area contributed by atoms with Gasteiger partial charge in [0.15, 0.2) is 0 Å². The molecule has 0 heterocycles. The highest BCUT2D eigenvalue weighted by Gasteiger charge is 1.95. The Morgan fingerprint density at radius 3 is 2.20 bits per heavy atom. The maximum atomic E-state index is 5.62. The second kappa shape index (κ2) is 2.89. The molecule has 2 heteroatoms. The van der Waals surface area contributed by atoms with Gasteiger partial charge in [0, 0.05) is 6.04 Å². The summed E-state index contributed by atoms with van der Waals surface area (Å²) in [7, 11) is 5.49. The standard InChI is InChI=1S/C8H10BN/c1-6(10)7-2-4-8(9)5-3-7/h2-6H,10H2,1H3. The van der Waals surface area contributed by atoms with Crippen LogP contribution < -0.4 is 11.2 Å². The fourth-order valence-electron chi connectivity index (χ4n) is 0.800. The normalized spacial score (nSPS) is 13.0. The number of rotatable bonds is 1. The van der Waals surface area contributed by atoms with Gasteiger partial charge in [0.05, 0.1) is 0 Å². The van der Waals surface area contributed by atoms with E-state index in [1.165, 1.54) is 0 Å². The first-order chi connectivity index (χ1) is 4.70. The van der Waals surface area contributed by atoms with Crippen molar-refractivity contribution in [3.05, 3.63) is 29.8 Å². The molecule has 0 fully saturated rings. The van der Waals surface area contributed by atoms with Gasteiger partial charge in [0.25, 0.3) is 0 Å². The zero-order valence-corrected chi connectivity index (χ0v) is 6.04. The molecular formula is C8H10BN. The first kappa shape index (κ1) is 7.35. The SMILES string of the molecule is [B]c1ccc(C(C)N)cc1. The van der Waals surface area contributed by atoms with E-state index in [9.17, 15) is 0 Å². The van der Waals surface area contributed by atoms with Gasteiger partial charge in [0.2, 0.25) is 0 Å². The summed E-state index contributed by atoms with van der Waals surface area (Å²) >= 11 is 0. The monoisotopic (exact) mass is 131 g/mol. The predicted molar refractivity (Wildman–Crippen MR) is 44.4 cm³/mol. The van der Waals surface area contributed by atoms with Crippen LogP contribution in [-0.2, 0) is 0 Å². The van der Waals surface area contributed by atoms with Crippen LogP contribution in [0.15, 0.2) is 24.3 Å². The molecular weight excluding hydrogens is 121 g/mol. The minimum absolute atomic E-state index is 0.0978. The molecule has 0 saturated heterocycles. The summed E-state index contributed by atoms with van der Waals surface area (Å²) in [5, 5.41) is 0. The van der Waals surface area contributed by atoms with E-state index in [-0.39, 0.29) is 6.04 Å². The van der Waals surface area contributed by atoms with Crippen molar-refractivity contribution < 1.29 is 0 Å². The molecule has 0 saturated carbocycles. The van der Waals surface area contributed by atoms with Gasteiger partial charge in [-0.2, -0.15) is 0 Å². The molecule has 1 aromatic carbocycles. The number of nitrogens with two attached hydrogens (primary N) is 1. The van der Waals surface area contributed by atoms with Crippen molar-refractivity contribution in [1.29, 1.82) is 0 Å². The average Bonchev–Trinajstić information content (AvgIpc) is 1.88. The molecule has 1 nitrogen and oxygen atoms in total. The van der Waals surface area contributed by atoms with E-state index in [1.807, 2.05) is 31.2 Å². The van der Waals surface area contributed by atoms with Crippen molar-refractivity contribution >= 4 is 13.3 Å². The number of hydrogen-bond acceptors (Lipinski definition) is 1. The zero-order valence-electron chi connectivity index (χ0n) is 6.04. The van der Waals surface area contributed by atoms with E-state index in [0.29, 0.717) is 0 Å². The van der Waals surface area contributed by atoms with E-state index in [0.717, 1.165) is 11.0 Å². The maximum Gasteiger partial charge on any atom is 0.113 e. The topological polar surface area (TPSA) is 26.0 Å². The van der Waals surface area contributed by atoms with Crippen molar-refractivity contribution in [2.24, 2.45) is 5.73 Å². The third-order valence-electron chi connectivity index (χ3n) is 1.46. The third kappa shape index (κ3) is 1.61. The van der Waals surface area contributed by atoms with Gasteiger partial charge in [-0.15, -0.1) is 0 Å². The molecule has 2 radical (unpaired) electrons. The van der Waals surface area contributed by atoms with Gasteiger partial charge in [0.1, 0.15) is 7.85 Å². The highest BCUT2D eigenvalue weighted by molar-refractivity contribution is 6.32. The Morgan fingerprint density at radius 1 is 1.30 bits per heavy atom. The smallest absolute Gasteiger partial charge is 0.113 e. The molecule has 2 N–H and O–H groups in total. The maximum absolute atomic E-state index is 5.62. The minimum atomic E-state index is 0.0978. The highest BCUT2D eigenvalue weighted by atomic mass is 14.6. The fourth-order valence-corrected chi connectivity index (χ4v) is 0.800. The van der Waals surface area contributed by atoms with Crippen LogP contribution in [0, 0.1) is 0 Å². The summed E-state index contributed by atoms with van der Waals surface area (Å²) in [4.78, 5) is 0. The van der Waals surface area contributed by atoms with Crippen LogP contribution in [0.4, 0.5) is 0 Å². The molecule has 0 aliphatic heterocycles. The lowest BCUT2D eigenvalue weighted by molar-refractivity contribution is 0.819. The van der Waals surface area contributed by atoms with Crippen molar-refractivity contribution in [3.8, 4) is 0 Å². The molecule has 0 aliphatic carbocycles. The summed E-state index contributed by atoms with van der Waals surface area (Å²) in [5.41, 5.74) is 7.52. The molecule has 0 amide bonds. The Hall–Kier alpha value is -0.755. The van der Waals surface area contributed by atoms with Gasteiger partial charge in [-0.05, 0) is 12.5 Å². The van der Waals surface area contributed by atoms with Crippen molar-refractivity contribution in [3.63, 3.8) is 0 Å². The van der Waals surface area contributed by atoms with E-state index < -0.39 is 0 Å². The highest BCUT2D eigenvalue weighted by Crippen LogP contribution is 2.05. The van der Waals surface area contributed by atoms with Gasteiger partial charge in [-0.25, -0.2) is 0 Å². The number of benzene rings is 1. The van der Waals surface area contributed by atoms with Crippen LogP contribution in [0.25, 0.3) is 0 Å². The first-order valence-corrected chi connectivity index (χ1v) is 3.31. The average molecular weight is 131 g/mol. The van der Waals surface area contributed by atoms with Crippen LogP contribution in [0.5, 0.6) is 0 Å². The molecule has 1 aromatic rings. The summed E-state index contributed by atoms with van der Waals surface area (Å²) in [5.74, 6) is 0.